The van der Waals surface area contributed by atoms with Crippen LogP contribution in [0.25, 0.3) is 10.8 Å². The summed E-state index contributed by atoms with van der Waals surface area (Å²) in [5.74, 6) is -1.61. The number of anilines is 2. The van der Waals surface area contributed by atoms with Gasteiger partial charge in [-0.3, -0.25) is 19.1 Å². The molecule has 0 aliphatic carbocycles. The van der Waals surface area contributed by atoms with Crippen molar-refractivity contribution in [3.63, 3.8) is 0 Å². The molecule has 0 bridgehead atoms. The van der Waals surface area contributed by atoms with Gasteiger partial charge >= 0.3 is 16.4 Å². The van der Waals surface area contributed by atoms with Crippen LogP contribution in [0, 0.1) is 5.92 Å². The summed E-state index contributed by atoms with van der Waals surface area (Å²) in [4.78, 5) is 47.6. The van der Waals surface area contributed by atoms with Gasteiger partial charge in [-0.25, -0.2) is 14.3 Å². The van der Waals surface area contributed by atoms with E-state index in [-0.39, 0.29) is 15.2 Å². The molecule has 2 unspecified atom stereocenters. The number of fused-ring (bicyclic) bond motifs is 1. The molecular formula is C28H34ClN8O10S2+. The third kappa shape index (κ3) is 7.78. The number of benzene rings is 1. The van der Waals surface area contributed by atoms with Crippen molar-refractivity contribution in [3.8, 4) is 5.75 Å². The Hall–Kier alpha value is -4.34. The quantitative estimate of drug-likeness (QED) is 0.0605. The van der Waals surface area contributed by atoms with Gasteiger partial charge in [-0.15, -0.1) is 4.28 Å². The topological polar surface area (TPSA) is 237 Å². The second-order valence-electron chi connectivity index (χ2n) is 11.6. The van der Waals surface area contributed by atoms with Gasteiger partial charge in [-0.1, -0.05) is 28.1 Å². The van der Waals surface area contributed by atoms with Gasteiger partial charge in [0.15, 0.2) is 10.8 Å². The molecule has 2 saturated heterocycles. The van der Waals surface area contributed by atoms with Crippen molar-refractivity contribution in [1.82, 2.24) is 20.7 Å². The second-order valence-corrected chi connectivity index (χ2v) is 14.6. The van der Waals surface area contributed by atoms with Gasteiger partial charge in [-0.2, -0.15) is 13.5 Å². The van der Waals surface area contributed by atoms with E-state index in [1.807, 2.05) is 29.9 Å². The lowest BCUT2D eigenvalue weighted by atomic mass is 9.84. The molecule has 3 aromatic rings. The van der Waals surface area contributed by atoms with Crippen molar-refractivity contribution in [2.24, 2.45) is 18.1 Å². The fourth-order valence-electron chi connectivity index (χ4n) is 4.93. The number of hydrogen-bond acceptors (Lipinski definition) is 15. The molecule has 2 aliphatic heterocycles. The number of carboxylic acids is 1. The highest BCUT2D eigenvalue weighted by molar-refractivity contribution is 7.81. The Balaban J connectivity index is 1.31. The minimum atomic E-state index is -4.53. The van der Waals surface area contributed by atoms with Gasteiger partial charge in [0.25, 0.3) is 23.7 Å². The molecule has 0 spiro atoms. The molecule has 5 rings (SSSR count). The molecule has 2 atom stereocenters. The predicted octanol–water partition coefficient (Wildman–Crippen LogP) is 0.169. The summed E-state index contributed by atoms with van der Waals surface area (Å²) in [5, 5.41) is 25.0. The molecular weight excluding hydrogens is 708 g/mol. The minimum Gasteiger partial charge on any atom is -0.489 e. The summed E-state index contributed by atoms with van der Waals surface area (Å²) in [6, 6.07) is 5.90. The Morgan fingerprint density at radius 3 is 2.65 bits per heavy atom. The molecule has 4 heterocycles. The predicted molar refractivity (Wildman–Crippen MR) is 176 cm³/mol. The fraction of sp³-hybridized carbons (Fsp3) is 0.429. The van der Waals surface area contributed by atoms with Crippen molar-refractivity contribution >= 4 is 78.6 Å². The molecule has 6 N–H and O–H groups in total. The molecule has 49 heavy (non-hydrogen) atoms. The van der Waals surface area contributed by atoms with Gasteiger partial charge in [0.05, 0.1) is 37.8 Å². The van der Waals surface area contributed by atoms with Crippen LogP contribution in [0.15, 0.2) is 35.6 Å². The SMILES string of the molecule is COS(=O)(=O)ON1C(=O)C(NC(=O)/C(=N\OC(COc2ccc3c(NCC4CNC4)[n+](C)ccc3c2)C(=O)O)c2nc(N)sc2Cl)C1(C)C. The number of ether oxygens (including phenoxy) is 1. The van der Waals surface area contributed by atoms with Crippen molar-refractivity contribution in [1.29, 1.82) is 0 Å². The van der Waals surface area contributed by atoms with Crippen LogP contribution in [0.1, 0.15) is 19.5 Å². The molecule has 1 aromatic carbocycles. The lowest BCUT2D eigenvalue weighted by Gasteiger charge is -2.50. The smallest absolute Gasteiger partial charge is 0.420 e. The number of carbonyl (C=O) groups is 3. The molecule has 0 radical (unpaired) electrons. The van der Waals surface area contributed by atoms with Crippen molar-refractivity contribution in [3.05, 3.63) is 40.5 Å². The molecule has 2 aromatic heterocycles. The molecule has 264 valence electrons. The van der Waals surface area contributed by atoms with Gasteiger partial charge in [-0.05, 0) is 43.5 Å². The Labute approximate surface area is 289 Å². The summed E-state index contributed by atoms with van der Waals surface area (Å²) in [6.07, 6.45) is 0.193. The molecule has 2 aliphatic rings. The molecule has 21 heteroatoms. The third-order valence-corrected chi connectivity index (χ3v) is 9.67. The van der Waals surface area contributed by atoms with E-state index >= 15 is 0 Å². The maximum Gasteiger partial charge on any atom is 0.420 e. The summed E-state index contributed by atoms with van der Waals surface area (Å²) in [6.45, 7) is 5.06. The lowest BCUT2D eigenvalue weighted by molar-refractivity contribution is -0.656. The standard InChI is InChI=1S/C28H33ClN8O10S2/c1-28(2)21(25(39)37(28)47-49(42,43)44-4)34-24(38)20(19-22(29)48-27(30)33-19)35-46-18(26(40)41)13-45-16-5-6-17-15(9-16)7-8-36(3)23(17)32-12-14-10-31-11-14/h5-9,14,18,21,31H,10-13H2,1-4H3,(H4,30,33,34,38,40,41)/p+1/b35-20-. The number of halogens is 1. The van der Waals surface area contributed by atoms with Gasteiger partial charge < -0.3 is 31.0 Å². The number of nitrogen functional groups attached to an aromatic ring is 1. The number of carbonyl (C=O) groups excluding carboxylic acids is 2. The second kappa shape index (κ2) is 14.3. The fourth-order valence-corrected chi connectivity index (χ4v) is 6.37. The molecule has 0 saturated carbocycles. The van der Waals surface area contributed by atoms with E-state index in [0.29, 0.717) is 16.7 Å². The highest BCUT2D eigenvalue weighted by Crippen LogP contribution is 2.34. The summed E-state index contributed by atoms with van der Waals surface area (Å²) < 4.78 is 40.0. The maximum atomic E-state index is 13.4. The number of rotatable bonds is 15. The highest BCUT2D eigenvalue weighted by atomic mass is 35.5. The minimum absolute atomic E-state index is 0.0358. The first kappa shape index (κ1) is 36.0. The zero-order valence-corrected chi connectivity index (χ0v) is 29.0. The van der Waals surface area contributed by atoms with Crippen LogP contribution in [0.3, 0.4) is 0 Å². The first-order valence-electron chi connectivity index (χ1n) is 14.6. The summed E-state index contributed by atoms with van der Waals surface area (Å²) in [7, 11) is -1.75. The number of aryl methyl sites for hydroxylation is 1. The van der Waals surface area contributed by atoms with E-state index in [1.165, 1.54) is 13.8 Å². The van der Waals surface area contributed by atoms with Crippen LogP contribution in [-0.4, -0.2) is 98.1 Å². The normalized spacial score (nSPS) is 18.4. The number of nitrogens with one attached hydrogen (secondary N) is 3. The van der Waals surface area contributed by atoms with Crippen LogP contribution >= 0.6 is 22.9 Å². The third-order valence-electron chi connectivity index (χ3n) is 7.84. The number of hydroxylamine groups is 2. The van der Waals surface area contributed by atoms with Crippen LogP contribution in [0.4, 0.5) is 10.9 Å². The Morgan fingerprint density at radius 1 is 1.33 bits per heavy atom. The Bertz CT molecular complexity index is 1920. The van der Waals surface area contributed by atoms with Crippen LogP contribution in [0.2, 0.25) is 4.34 Å². The highest BCUT2D eigenvalue weighted by Gasteiger charge is 2.58. The van der Waals surface area contributed by atoms with Gasteiger partial charge in [0.2, 0.25) is 0 Å². The van der Waals surface area contributed by atoms with Crippen molar-refractivity contribution < 1.29 is 50.5 Å². The number of nitrogens with zero attached hydrogens (tertiary/aromatic N) is 4. The zero-order chi connectivity index (χ0) is 35.7. The molecule has 18 nitrogen and oxygen atoms in total. The first-order chi connectivity index (χ1) is 23.1. The van der Waals surface area contributed by atoms with E-state index in [0.717, 1.165) is 54.7 Å². The average Bonchev–Trinajstić information content (AvgIpc) is 3.36. The van der Waals surface area contributed by atoms with E-state index in [4.69, 9.17) is 26.9 Å². The number of aliphatic carboxylic acids is 1. The molecule has 2 fully saturated rings. The number of pyridine rings is 1. The van der Waals surface area contributed by atoms with Crippen LogP contribution < -0.4 is 31.0 Å². The summed E-state index contributed by atoms with van der Waals surface area (Å²) >= 11 is 7.04. The van der Waals surface area contributed by atoms with Gasteiger partial charge in [0.1, 0.15) is 28.4 Å². The van der Waals surface area contributed by atoms with Crippen LogP contribution in [0.5, 0.6) is 5.75 Å². The lowest BCUT2D eigenvalue weighted by Crippen LogP contribution is -2.76. The van der Waals surface area contributed by atoms with Crippen LogP contribution in [-0.2, 0) is 45.1 Å². The number of amides is 2. The van der Waals surface area contributed by atoms with Crippen molar-refractivity contribution in [2.75, 3.05) is 44.4 Å². The largest absolute Gasteiger partial charge is 0.489 e. The first-order valence-corrected chi connectivity index (χ1v) is 17.2. The Kier molecular flexibility index (Phi) is 10.5. The summed E-state index contributed by atoms with van der Waals surface area (Å²) in [5.41, 5.74) is 3.52. The zero-order valence-electron chi connectivity index (χ0n) is 26.6. The van der Waals surface area contributed by atoms with Crippen molar-refractivity contribution in [2.45, 2.75) is 31.5 Å². The number of hydrogen-bond donors (Lipinski definition) is 5. The number of carboxylic acid groups (broad SMARTS) is 1. The number of nitrogens with two attached hydrogens (primary N) is 1. The van der Waals surface area contributed by atoms with E-state index in [2.05, 4.69) is 34.6 Å². The van der Waals surface area contributed by atoms with E-state index < -0.39 is 58.2 Å². The maximum absolute atomic E-state index is 13.4. The van der Waals surface area contributed by atoms with E-state index in [1.54, 1.807) is 12.1 Å². The number of thiazole rings is 1. The van der Waals surface area contributed by atoms with Gasteiger partial charge in [0, 0.05) is 19.0 Å². The number of aromatic nitrogens is 2. The Morgan fingerprint density at radius 2 is 2.06 bits per heavy atom. The number of β-lactam (4-membered cyclic amide) rings is 1. The number of oxime groups is 1. The average molecular weight is 742 g/mol. The molecule has 2 amide bonds. The monoisotopic (exact) mass is 741 g/mol. The van der Waals surface area contributed by atoms with E-state index in [9.17, 15) is 27.9 Å².